The molecule has 0 aliphatic rings. The van der Waals surface area contributed by atoms with Crippen LogP contribution in [-0.2, 0) is 9.59 Å². The molecule has 0 heterocycles. The van der Waals surface area contributed by atoms with E-state index in [4.69, 9.17) is 0 Å². The van der Waals surface area contributed by atoms with Gasteiger partial charge in [-0.3, -0.25) is 9.59 Å². The second kappa shape index (κ2) is 6.47. The predicted octanol–water partition coefficient (Wildman–Crippen LogP) is 2.79. The Balaban J connectivity index is 1.89. The first-order valence-electron chi connectivity index (χ1n) is 6.04. The summed E-state index contributed by atoms with van der Waals surface area (Å²) in [4.78, 5) is 23.3. The molecule has 0 saturated heterocycles. The lowest BCUT2D eigenvalue weighted by molar-refractivity contribution is -0.123. The molecule has 102 valence electrons. The summed E-state index contributed by atoms with van der Waals surface area (Å²) >= 11 is 0. The topological polar surface area (TPSA) is 58.2 Å². The molecule has 2 aromatic rings. The van der Waals surface area contributed by atoms with Gasteiger partial charge in [0.05, 0.1) is 5.69 Å². The molecular weight excluding hydrogens is 259 g/mol. The molecule has 0 bridgehead atoms. The molecule has 0 aromatic heterocycles. The number of rotatable bonds is 4. The van der Waals surface area contributed by atoms with E-state index < -0.39 is 17.6 Å². The van der Waals surface area contributed by atoms with Crippen LogP contribution in [0.25, 0.3) is 0 Å². The van der Waals surface area contributed by atoms with E-state index in [1.54, 1.807) is 30.3 Å². The second-order valence-electron chi connectivity index (χ2n) is 4.12. The van der Waals surface area contributed by atoms with Gasteiger partial charge in [0.1, 0.15) is 12.2 Å². The van der Waals surface area contributed by atoms with Crippen LogP contribution in [0, 0.1) is 5.82 Å². The molecule has 0 aliphatic heterocycles. The largest absolute Gasteiger partial charge is 0.326 e. The van der Waals surface area contributed by atoms with Crippen LogP contribution < -0.4 is 10.6 Å². The zero-order valence-corrected chi connectivity index (χ0v) is 10.6. The van der Waals surface area contributed by atoms with Gasteiger partial charge in [0.15, 0.2) is 0 Å². The number of anilines is 2. The summed E-state index contributed by atoms with van der Waals surface area (Å²) in [6.07, 6.45) is -0.372. The number of halogens is 1. The molecule has 0 aliphatic carbocycles. The van der Waals surface area contributed by atoms with E-state index in [-0.39, 0.29) is 12.1 Å². The van der Waals surface area contributed by atoms with Crippen molar-refractivity contribution in [2.45, 2.75) is 6.42 Å². The lowest BCUT2D eigenvalue weighted by Gasteiger charge is -2.07. The lowest BCUT2D eigenvalue weighted by atomic mass is 10.2. The lowest BCUT2D eigenvalue weighted by Crippen LogP contribution is -2.21. The molecule has 0 saturated carbocycles. The number of hydrogen-bond donors (Lipinski definition) is 2. The van der Waals surface area contributed by atoms with E-state index >= 15 is 0 Å². The van der Waals surface area contributed by atoms with Crippen LogP contribution in [0.3, 0.4) is 0 Å². The first-order chi connectivity index (χ1) is 9.65. The predicted molar refractivity (Wildman–Crippen MR) is 74.7 cm³/mol. The minimum absolute atomic E-state index is 0.0602. The van der Waals surface area contributed by atoms with Crippen LogP contribution in [0.2, 0.25) is 0 Å². The van der Waals surface area contributed by atoms with Gasteiger partial charge in [-0.25, -0.2) is 4.39 Å². The van der Waals surface area contributed by atoms with Crippen molar-refractivity contribution < 1.29 is 14.0 Å². The van der Waals surface area contributed by atoms with Crippen LogP contribution in [0.4, 0.5) is 15.8 Å². The summed E-state index contributed by atoms with van der Waals surface area (Å²) in [7, 11) is 0. The Hall–Kier alpha value is -2.69. The number of amides is 2. The van der Waals surface area contributed by atoms with E-state index in [1.807, 2.05) is 6.07 Å². The van der Waals surface area contributed by atoms with E-state index in [0.29, 0.717) is 5.69 Å². The Morgan fingerprint density at radius 2 is 1.45 bits per heavy atom. The Morgan fingerprint density at radius 3 is 2.15 bits per heavy atom. The van der Waals surface area contributed by atoms with E-state index in [9.17, 15) is 14.0 Å². The molecule has 2 N–H and O–H groups in total. The van der Waals surface area contributed by atoms with Crippen molar-refractivity contribution in [2.75, 3.05) is 10.6 Å². The quantitative estimate of drug-likeness (QED) is 0.841. The molecule has 20 heavy (non-hydrogen) atoms. The number of hydrogen-bond acceptors (Lipinski definition) is 2. The van der Waals surface area contributed by atoms with Crippen molar-refractivity contribution in [3.8, 4) is 0 Å². The van der Waals surface area contributed by atoms with Gasteiger partial charge < -0.3 is 10.6 Å². The molecule has 0 unspecified atom stereocenters. The third-order valence-corrected chi connectivity index (χ3v) is 2.53. The maximum absolute atomic E-state index is 13.3. The summed E-state index contributed by atoms with van der Waals surface area (Å²) in [5.41, 5.74) is 0.668. The average molecular weight is 272 g/mol. The summed E-state index contributed by atoms with van der Waals surface area (Å²) in [6.45, 7) is 0. The van der Waals surface area contributed by atoms with Gasteiger partial charge in [0.2, 0.25) is 11.8 Å². The monoisotopic (exact) mass is 272 g/mol. The first kappa shape index (κ1) is 13.7. The van der Waals surface area contributed by atoms with Crippen molar-refractivity contribution in [1.29, 1.82) is 0 Å². The van der Waals surface area contributed by atoms with Crippen molar-refractivity contribution in [1.82, 2.24) is 0 Å². The molecule has 4 nitrogen and oxygen atoms in total. The van der Waals surface area contributed by atoms with E-state index in [2.05, 4.69) is 10.6 Å². The zero-order chi connectivity index (χ0) is 14.4. The first-order valence-corrected chi connectivity index (χ1v) is 6.04. The van der Waals surface area contributed by atoms with Gasteiger partial charge in [0.25, 0.3) is 0 Å². The molecule has 2 rings (SSSR count). The van der Waals surface area contributed by atoms with Crippen LogP contribution in [0.15, 0.2) is 54.6 Å². The highest BCUT2D eigenvalue weighted by Crippen LogP contribution is 2.12. The summed E-state index contributed by atoms with van der Waals surface area (Å²) in [5, 5.41) is 4.93. The van der Waals surface area contributed by atoms with Crippen molar-refractivity contribution in [2.24, 2.45) is 0 Å². The third kappa shape index (κ3) is 3.91. The van der Waals surface area contributed by atoms with E-state index in [1.165, 1.54) is 18.2 Å². The Morgan fingerprint density at radius 1 is 0.850 bits per heavy atom. The molecule has 2 aromatic carbocycles. The highest BCUT2D eigenvalue weighted by Gasteiger charge is 2.11. The zero-order valence-electron chi connectivity index (χ0n) is 10.6. The molecule has 5 heteroatoms. The fourth-order valence-corrected chi connectivity index (χ4v) is 1.63. The molecule has 0 radical (unpaired) electrons. The fraction of sp³-hybridized carbons (Fsp3) is 0.0667. The highest BCUT2D eigenvalue weighted by molar-refractivity contribution is 6.08. The van der Waals surface area contributed by atoms with Gasteiger partial charge in [-0.05, 0) is 24.3 Å². The highest BCUT2D eigenvalue weighted by atomic mass is 19.1. The molecular formula is C15H13FN2O2. The number of carbonyl (C=O) groups excluding carboxylic acids is 2. The Kier molecular flexibility index (Phi) is 4.44. The van der Waals surface area contributed by atoms with Gasteiger partial charge >= 0.3 is 0 Å². The summed E-state index contributed by atoms with van der Waals surface area (Å²) < 4.78 is 13.3. The number of para-hydroxylation sites is 2. The number of carbonyl (C=O) groups is 2. The fourth-order valence-electron chi connectivity index (χ4n) is 1.63. The van der Waals surface area contributed by atoms with Gasteiger partial charge in [-0.15, -0.1) is 0 Å². The van der Waals surface area contributed by atoms with Crippen LogP contribution in [-0.4, -0.2) is 11.8 Å². The van der Waals surface area contributed by atoms with Crippen molar-refractivity contribution in [3.05, 3.63) is 60.4 Å². The maximum atomic E-state index is 13.3. The summed E-state index contributed by atoms with van der Waals surface area (Å²) in [5.74, 6) is -1.56. The smallest absolute Gasteiger partial charge is 0.233 e. The second-order valence-corrected chi connectivity index (χ2v) is 4.12. The average Bonchev–Trinajstić information content (AvgIpc) is 2.42. The van der Waals surface area contributed by atoms with Crippen LogP contribution in [0.5, 0.6) is 0 Å². The third-order valence-electron chi connectivity index (χ3n) is 2.53. The molecule has 0 atom stereocenters. The standard InChI is InChI=1S/C15H13FN2O2/c16-12-8-4-5-9-13(12)18-15(20)10-14(19)17-11-6-2-1-3-7-11/h1-9H,10H2,(H,17,19)(H,18,20). The van der Waals surface area contributed by atoms with Crippen LogP contribution >= 0.6 is 0 Å². The molecule has 0 spiro atoms. The van der Waals surface area contributed by atoms with Crippen molar-refractivity contribution >= 4 is 23.2 Å². The van der Waals surface area contributed by atoms with Gasteiger partial charge in [-0.2, -0.15) is 0 Å². The normalized spacial score (nSPS) is 9.85. The van der Waals surface area contributed by atoms with Crippen LogP contribution in [0.1, 0.15) is 6.42 Å². The minimum atomic E-state index is -0.566. The minimum Gasteiger partial charge on any atom is -0.326 e. The summed E-state index contributed by atoms with van der Waals surface area (Å²) in [6, 6.07) is 14.6. The molecule has 0 fully saturated rings. The number of nitrogens with one attached hydrogen (secondary N) is 2. The molecule has 2 amide bonds. The Bertz CT molecular complexity index is 614. The number of benzene rings is 2. The van der Waals surface area contributed by atoms with Crippen molar-refractivity contribution in [3.63, 3.8) is 0 Å². The van der Waals surface area contributed by atoms with Gasteiger partial charge in [-0.1, -0.05) is 30.3 Å². The Labute approximate surface area is 115 Å². The maximum Gasteiger partial charge on any atom is 0.233 e. The van der Waals surface area contributed by atoms with Gasteiger partial charge in [0, 0.05) is 5.69 Å². The SMILES string of the molecule is O=C(CC(=O)Nc1ccccc1F)Nc1ccccc1. The van der Waals surface area contributed by atoms with E-state index in [0.717, 1.165) is 0 Å².